The highest BCUT2D eigenvalue weighted by atomic mass is 79.9. The molecule has 4 N–H and O–H groups in total. The maximum atomic E-state index is 13.3. The molecule has 0 atom stereocenters. The molecular weight excluding hydrogens is 329 g/mol. The first-order valence-electron chi connectivity index (χ1n) is 6.23. The van der Waals surface area contributed by atoms with Crippen molar-refractivity contribution >= 4 is 27.7 Å². The number of nitrogens with zero attached hydrogens (tertiary/aromatic N) is 1. The average molecular weight is 344 g/mol. The van der Waals surface area contributed by atoms with Gasteiger partial charge >= 0.3 is 0 Å². The summed E-state index contributed by atoms with van der Waals surface area (Å²) in [4.78, 5) is 12.2. The van der Waals surface area contributed by atoms with Crippen LogP contribution in [0, 0.1) is 5.82 Å². The highest BCUT2D eigenvalue weighted by Crippen LogP contribution is 2.30. The van der Waals surface area contributed by atoms with E-state index < -0.39 is 17.3 Å². The quantitative estimate of drug-likeness (QED) is 0.340. The van der Waals surface area contributed by atoms with E-state index in [1.165, 1.54) is 12.1 Å². The zero-order chi connectivity index (χ0) is 14.8. The van der Waals surface area contributed by atoms with Crippen LogP contribution in [-0.2, 0) is 0 Å². The molecule has 1 aromatic carbocycles. The second kappa shape index (κ2) is 5.78. The first kappa shape index (κ1) is 14.8. The molecule has 1 amide bonds. The number of amides is 1. The third-order valence-electron chi connectivity index (χ3n) is 3.53. The van der Waals surface area contributed by atoms with Gasteiger partial charge in [0.2, 0.25) is 0 Å². The molecular formula is C13H15BrFN3O2. The van der Waals surface area contributed by atoms with Crippen LogP contribution < -0.4 is 11.1 Å². The molecule has 0 saturated heterocycles. The number of benzene rings is 1. The second-order valence-electron chi connectivity index (χ2n) is 4.89. The van der Waals surface area contributed by atoms with Gasteiger partial charge in [-0.2, -0.15) is 0 Å². The van der Waals surface area contributed by atoms with Crippen molar-refractivity contribution in [1.29, 1.82) is 0 Å². The number of nitrogens with two attached hydrogens (primary N) is 1. The molecule has 1 aliphatic rings. The van der Waals surface area contributed by atoms with E-state index in [-0.39, 0.29) is 11.4 Å². The summed E-state index contributed by atoms with van der Waals surface area (Å²) in [5.74, 6) is -0.966. The summed E-state index contributed by atoms with van der Waals surface area (Å²) in [6.07, 6.45) is 2.96. The van der Waals surface area contributed by atoms with Gasteiger partial charge in [0.25, 0.3) is 5.91 Å². The van der Waals surface area contributed by atoms with E-state index in [4.69, 9.17) is 10.9 Å². The fraction of sp³-hybridized carbons (Fsp3) is 0.385. The zero-order valence-corrected chi connectivity index (χ0v) is 12.3. The number of oxime groups is 1. The number of carbonyl (C=O) groups is 1. The van der Waals surface area contributed by atoms with Crippen molar-refractivity contribution in [2.24, 2.45) is 10.9 Å². The van der Waals surface area contributed by atoms with Gasteiger partial charge in [-0.25, -0.2) is 4.39 Å². The van der Waals surface area contributed by atoms with Gasteiger partial charge in [0.1, 0.15) is 11.4 Å². The predicted molar refractivity (Wildman–Crippen MR) is 76.2 cm³/mol. The van der Waals surface area contributed by atoms with Gasteiger partial charge in [-0.05, 0) is 31.0 Å². The molecule has 2 rings (SSSR count). The molecule has 0 unspecified atom stereocenters. The van der Waals surface area contributed by atoms with E-state index in [0.717, 1.165) is 18.9 Å². The highest BCUT2D eigenvalue weighted by Gasteiger charge is 2.40. The van der Waals surface area contributed by atoms with Crippen LogP contribution in [0.25, 0.3) is 0 Å². The SMILES string of the molecule is N/C(=N/O)C1(NC(=O)c2cc(F)cc(Br)c2)CCCC1. The summed E-state index contributed by atoms with van der Waals surface area (Å²) >= 11 is 3.14. The second-order valence-corrected chi connectivity index (χ2v) is 5.80. The van der Waals surface area contributed by atoms with Crippen LogP contribution in [0.1, 0.15) is 36.0 Å². The van der Waals surface area contributed by atoms with Crippen molar-refractivity contribution in [2.75, 3.05) is 0 Å². The average Bonchev–Trinajstić information content (AvgIpc) is 2.86. The van der Waals surface area contributed by atoms with Crippen LogP contribution in [0.15, 0.2) is 27.8 Å². The van der Waals surface area contributed by atoms with Gasteiger partial charge in [0.15, 0.2) is 5.84 Å². The van der Waals surface area contributed by atoms with Crippen molar-refractivity contribution < 1.29 is 14.4 Å². The summed E-state index contributed by atoms with van der Waals surface area (Å²) in [5, 5.41) is 14.7. The molecule has 0 spiro atoms. The Bertz CT molecular complexity index is 536. The largest absolute Gasteiger partial charge is 0.409 e. The molecule has 1 aliphatic carbocycles. The number of hydrogen-bond acceptors (Lipinski definition) is 3. The molecule has 20 heavy (non-hydrogen) atoms. The van der Waals surface area contributed by atoms with Crippen molar-refractivity contribution in [2.45, 2.75) is 31.2 Å². The normalized spacial score (nSPS) is 18.0. The van der Waals surface area contributed by atoms with Gasteiger partial charge in [-0.1, -0.05) is 33.9 Å². The summed E-state index contributed by atoms with van der Waals surface area (Å²) < 4.78 is 13.8. The Morgan fingerprint density at radius 1 is 1.40 bits per heavy atom. The van der Waals surface area contributed by atoms with Crippen LogP contribution in [-0.4, -0.2) is 22.5 Å². The van der Waals surface area contributed by atoms with Crippen molar-refractivity contribution in [3.05, 3.63) is 34.1 Å². The Morgan fingerprint density at radius 2 is 2.05 bits per heavy atom. The molecule has 0 heterocycles. The summed E-state index contributed by atoms with van der Waals surface area (Å²) in [6.45, 7) is 0. The Balaban J connectivity index is 2.25. The predicted octanol–water partition coefficient (Wildman–Crippen LogP) is 2.38. The lowest BCUT2D eigenvalue weighted by atomic mass is 9.95. The van der Waals surface area contributed by atoms with Gasteiger partial charge in [0.05, 0.1) is 0 Å². The maximum absolute atomic E-state index is 13.3. The smallest absolute Gasteiger partial charge is 0.252 e. The van der Waals surface area contributed by atoms with Crippen LogP contribution in [0.5, 0.6) is 0 Å². The fourth-order valence-electron chi connectivity index (χ4n) is 2.49. The van der Waals surface area contributed by atoms with Crippen LogP contribution in [0.4, 0.5) is 4.39 Å². The molecule has 1 saturated carbocycles. The number of rotatable bonds is 3. The molecule has 7 heteroatoms. The summed E-state index contributed by atoms with van der Waals surface area (Å²) in [5.41, 5.74) is 5.05. The zero-order valence-electron chi connectivity index (χ0n) is 10.7. The Hall–Kier alpha value is -1.63. The highest BCUT2D eigenvalue weighted by molar-refractivity contribution is 9.10. The number of nitrogens with one attached hydrogen (secondary N) is 1. The monoisotopic (exact) mass is 343 g/mol. The minimum absolute atomic E-state index is 0.0150. The molecule has 1 fully saturated rings. The summed E-state index contributed by atoms with van der Waals surface area (Å²) in [7, 11) is 0. The molecule has 0 aromatic heterocycles. The third kappa shape index (κ3) is 2.92. The van der Waals surface area contributed by atoms with Gasteiger partial charge in [0, 0.05) is 10.0 Å². The topological polar surface area (TPSA) is 87.7 Å². The number of hydrogen-bond donors (Lipinski definition) is 3. The lowest BCUT2D eigenvalue weighted by Crippen LogP contribution is -2.55. The Kier molecular flexibility index (Phi) is 4.27. The standard InChI is InChI=1S/C13H15BrFN3O2/c14-9-5-8(6-10(15)7-9)11(19)17-13(12(16)18-20)3-1-2-4-13/h5-7,20H,1-4H2,(H2,16,18)(H,17,19). The van der Waals surface area contributed by atoms with E-state index in [1.807, 2.05) is 0 Å². The number of carbonyl (C=O) groups excluding carboxylic acids is 1. The Morgan fingerprint density at radius 3 is 2.60 bits per heavy atom. The lowest BCUT2D eigenvalue weighted by molar-refractivity contribution is 0.0922. The number of amidine groups is 1. The minimum atomic E-state index is -0.843. The molecule has 0 aliphatic heterocycles. The van der Waals surface area contributed by atoms with Crippen molar-refractivity contribution in [3.8, 4) is 0 Å². The van der Waals surface area contributed by atoms with E-state index in [2.05, 4.69) is 26.4 Å². The molecule has 108 valence electrons. The van der Waals surface area contributed by atoms with Crippen LogP contribution in [0.2, 0.25) is 0 Å². The first-order valence-corrected chi connectivity index (χ1v) is 7.03. The molecule has 1 aromatic rings. The summed E-state index contributed by atoms with van der Waals surface area (Å²) in [6, 6.07) is 3.94. The van der Waals surface area contributed by atoms with Gasteiger partial charge < -0.3 is 16.3 Å². The van der Waals surface area contributed by atoms with Crippen molar-refractivity contribution in [3.63, 3.8) is 0 Å². The fourth-order valence-corrected chi connectivity index (χ4v) is 2.96. The minimum Gasteiger partial charge on any atom is -0.409 e. The Labute approximate surface area is 124 Å². The molecule has 0 bridgehead atoms. The van der Waals surface area contributed by atoms with E-state index in [0.29, 0.717) is 17.3 Å². The van der Waals surface area contributed by atoms with Gasteiger partial charge in [-0.3, -0.25) is 4.79 Å². The maximum Gasteiger partial charge on any atom is 0.252 e. The molecule has 0 radical (unpaired) electrons. The third-order valence-corrected chi connectivity index (χ3v) is 3.99. The van der Waals surface area contributed by atoms with Crippen LogP contribution >= 0.6 is 15.9 Å². The number of halogens is 2. The van der Waals surface area contributed by atoms with E-state index in [1.54, 1.807) is 0 Å². The van der Waals surface area contributed by atoms with E-state index in [9.17, 15) is 9.18 Å². The van der Waals surface area contributed by atoms with E-state index >= 15 is 0 Å². The molecule has 5 nitrogen and oxygen atoms in total. The van der Waals surface area contributed by atoms with Gasteiger partial charge in [-0.15, -0.1) is 0 Å². The van der Waals surface area contributed by atoms with Crippen molar-refractivity contribution in [1.82, 2.24) is 5.32 Å². The first-order chi connectivity index (χ1) is 9.47. The lowest BCUT2D eigenvalue weighted by Gasteiger charge is -2.28. The van der Waals surface area contributed by atoms with Crippen LogP contribution in [0.3, 0.4) is 0 Å².